The standard InChI is InChI=1S/C13H27N3O2/c1-10(2)16(7-8-18-4)9-13(3,12(14)17)15-11-5-6-11/h10-11,15H,5-9H2,1-4H3,(H2,14,17). The van der Waals surface area contributed by atoms with Gasteiger partial charge in [-0.15, -0.1) is 0 Å². The molecule has 0 aromatic rings. The lowest BCUT2D eigenvalue weighted by Crippen LogP contribution is -2.61. The van der Waals surface area contributed by atoms with Crippen LogP contribution >= 0.6 is 0 Å². The van der Waals surface area contributed by atoms with Gasteiger partial charge in [-0.05, 0) is 33.6 Å². The molecular weight excluding hydrogens is 230 g/mol. The van der Waals surface area contributed by atoms with Crippen LogP contribution in [0.15, 0.2) is 0 Å². The number of carbonyl (C=O) groups is 1. The van der Waals surface area contributed by atoms with Crippen molar-refractivity contribution in [2.75, 3.05) is 26.8 Å². The third-order valence-electron chi connectivity index (χ3n) is 3.48. The highest BCUT2D eigenvalue weighted by Gasteiger charge is 2.38. The second-order valence-electron chi connectivity index (χ2n) is 5.67. The number of rotatable bonds is 9. The molecule has 1 rings (SSSR count). The van der Waals surface area contributed by atoms with Crippen molar-refractivity contribution in [1.29, 1.82) is 0 Å². The first-order chi connectivity index (χ1) is 8.39. The van der Waals surface area contributed by atoms with Crippen LogP contribution < -0.4 is 11.1 Å². The van der Waals surface area contributed by atoms with Crippen LogP contribution in [0.4, 0.5) is 0 Å². The van der Waals surface area contributed by atoms with Crippen molar-refractivity contribution in [2.45, 2.75) is 51.2 Å². The topological polar surface area (TPSA) is 67.6 Å². The van der Waals surface area contributed by atoms with Gasteiger partial charge in [0.05, 0.1) is 6.61 Å². The van der Waals surface area contributed by atoms with Gasteiger partial charge in [-0.1, -0.05) is 0 Å². The second kappa shape index (κ2) is 6.50. The monoisotopic (exact) mass is 257 g/mol. The molecule has 1 amide bonds. The van der Waals surface area contributed by atoms with Crippen molar-refractivity contribution < 1.29 is 9.53 Å². The van der Waals surface area contributed by atoms with E-state index in [4.69, 9.17) is 10.5 Å². The number of nitrogens with two attached hydrogens (primary N) is 1. The summed E-state index contributed by atoms with van der Waals surface area (Å²) < 4.78 is 5.11. The lowest BCUT2D eigenvalue weighted by Gasteiger charge is -2.36. The van der Waals surface area contributed by atoms with Gasteiger partial charge < -0.3 is 10.5 Å². The first kappa shape index (κ1) is 15.4. The van der Waals surface area contributed by atoms with E-state index in [-0.39, 0.29) is 5.91 Å². The summed E-state index contributed by atoms with van der Waals surface area (Å²) in [6, 6.07) is 0.818. The van der Waals surface area contributed by atoms with Gasteiger partial charge in [-0.2, -0.15) is 0 Å². The quantitative estimate of drug-likeness (QED) is 0.625. The number of hydrogen-bond donors (Lipinski definition) is 2. The SMILES string of the molecule is COCCN(CC(C)(NC1CC1)C(N)=O)C(C)C. The van der Waals surface area contributed by atoms with Crippen molar-refractivity contribution in [3.05, 3.63) is 0 Å². The van der Waals surface area contributed by atoms with Crippen molar-refractivity contribution in [3.8, 4) is 0 Å². The zero-order valence-electron chi connectivity index (χ0n) is 12.0. The van der Waals surface area contributed by atoms with E-state index >= 15 is 0 Å². The Morgan fingerprint density at radius 2 is 2.17 bits per heavy atom. The molecule has 0 bridgehead atoms. The Hall–Kier alpha value is -0.650. The number of nitrogens with zero attached hydrogens (tertiary/aromatic N) is 1. The average Bonchev–Trinajstić information content (AvgIpc) is 3.07. The highest BCUT2D eigenvalue weighted by molar-refractivity contribution is 5.84. The lowest BCUT2D eigenvalue weighted by atomic mass is 9.99. The van der Waals surface area contributed by atoms with Crippen LogP contribution in [0.5, 0.6) is 0 Å². The van der Waals surface area contributed by atoms with Crippen molar-refractivity contribution in [1.82, 2.24) is 10.2 Å². The Morgan fingerprint density at radius 1 is 1.56 bits per heavy atom. The van der Waals surface area contributed by atoms with Crippen molar-refractivity contribution in [3.63, 3.8) is 0 Å². The Labute approximate surface area is 110 Å². The largest absolute Gasteiger partial charge is 0.383 e. The van der Waals surface area contributed by atoms with Gasteiger partial charge in [0.1, 0.15) is 5.54 Å². The molecule has 1 saturated carbocycles. The molecule has 5 heteroatoms. The second-order valence-corrected chi connectivity index (χ2v) is 5.67. The van der Waals surface area contributed by atoms with Gasteiger partial charge in [0.25, 0.3) is 0 Å². The maximum atomic E-state index is 11.7. The molecule has 0 radical (unpaired) electrons. The fourth-order valence-corrected chi connectivity index (χ4v) is 2.01. The Morgan fingerprint density at radius 3 is 2.56 bits per heavy atom. The fraction of sp³-hybridized carbons (Fsp3) is 0.923. The molecule has 106 valence electrons. The van der Waals surface area contributed by atoms with Gasteiger partial charge in [0.2, 0.25) is 5.91 Å². The van der Waals surface area contributed by atoms with E-state index in [9.17, 15) is 4.79 Å². The van der Waals surface area contributed by atoms with Crippen molar-refractivity contribution >= 4 is 5.91 Å². The van der Waals surface area contributed by atoms with Crippen LogP contribution in [0.3, 0.4) is 0 Å². The minimum absolute atomic E-state index is 0.280. The molecule has 1 unspecified atom stereocenters. The highest BCUT2D eigenvalue weighted by Crippen LogP contribution is 2.23. The summed E-state index contributed by atoms with van der Waals surface area (Å²) in [6.45, 7) is 8.23. The summed E-state index contributed by atoms with van der Waals surface area (Å²) in [5.41, 5.74) is 4.91. The van der Waals surface area contributed by atoms with E-state index in [0.717, 1.165) is 19.4 Å². The Bertz CT molecular complexity index is 279. The van der Waals surface area contributed by atoms with E-state index in [1.165, 1.54) is 0 Å². The highest BCUT2D eigenvalue weighted by atomic mass is 16.5. The molecule has 1 atom stereocenters. The summed E-state index contributed by atoms with van der Waals surface area (Å²) in [5, 5.41) is 3.37. The van der Waals surface area contributed by atoms with Gasteiger partial charge in [-0.25, -0.2) is 0 Å². The van der Waals surface area contributed by atoms with Crippen molar-refractivity contribution in [2.24, 2.45) is 5.73 Å². The average molecular weight is 257 g/mol. The summed E-state index contributed by atoms with van der Waals surface area (Å²) in [6.07, 6.45) is 2.28. The maximum absolute atomic E-state index is 11.7. The summed E-state index contributed by atoms with van der Waals surface area (Å²) in [4.78, 5) is 13.9. The van der Waals surface area contributed by atoms with E-state index < -0.39 is 5.54 Å². The predicted molar refractivity (Wildman–Crippen MR) is 72.3 cm³/mol. The normalized spacial score (nSPS) is 19.2. The number of carbonyl (C=O) groups excluding carboxylic acids is 1. The fourth-order valence-electron chi connectivity index (χ4n) is 2.01. The molecule has 3 N–H and O–H groups in total. The molecule has 1 aliphatic carbocycles. The van der Waals surface area contributed by atoms with Crippen LogP contribution in [-0.4, -0.2) is 55.2 Å². The maximum Gasteiger partial charge on any atom is 0.238 e. The summed E-state index contributed by atoms with van der Waals surface area (Å²) in [5.74, 6) is -0.280. The van der Waals surface area contributed by atoms with E-state index in [1.54, 1.807) is 7.11 Å². The van der Waals surface area contributed by atoms with Gasteiger partial charge in [0, 0.05) is 32.3 Å². The molecule has 0 aliphatic heterocycles. The number of amides is 1. The van der Waals surface area contributed by atoms with Crippen LogP contribution in [0.1, 0.15) is 33.6 Å². The smallest absolute Gasteiger partial charge is 0.238 e. The van der Waals surface area contributed by atoms with Gasteiger partial charge in [-0.3, -0.25) is 15.0 Å². The minimum Gasteiger partial charge on any atom is -0.383 e. The third kappa shape index (κ3) is 4.55. The molecule has 0 spiro atoms. The molecule has 5 nitrogen and oxygen atoms in total. The van der Waals surface area contributed by atoms with E-state index in [2.05, 4.69) is 24.1 Å². The number of nitrogens with one attached hydrogen (secondary N) is 1. The van der Waals surface area contributed by atoms with Gasteiger partial charge in [0.15, 0.2) is 0 Å². The molecule has 0 aromatic heterocycles. The molecule has 18 heavy (non-hydrogen) atoms. The minimum atomic E-state index is -0.654. The van der Waals surface area contributed by atoms with Gasteiger partial charge >= 0.3 is 0 Å². The number of primary amides is 1. The third-order valence-corrected chi connectivity index (χ3v) is 3.48. The first-order valence-electron chi connectivity index (χ1n) is 6.69. The molecule has 0 aromatic carbocycles. The molecule has 1 aliphatic rings. The molecule has 1 fully saturated rings. The van der Waals surface area contributed by atoms with E-state index in [0.29, 0.717) is 25.2 Å². The van der Waals surface area contributed by atoms with Crippen LogP contribution in [0.25, 0.3) is 0 Å². The Kier molecular flexibility index (Phi) is 5.56. The molecule has 0 heterocycles. The van der Waals surface area contributed by atoms with Crippen LogP contribution in [-0.2, 0) is 9.53 Å². The summed E-state index contributed by atoms with van der Waals surface area (Å²) >= 11 is 0. The summed E-state index contributed by atoms with van der Waals surface area (Å²) in [7, 11) is 1.69. The number of methoxy groups -OCH3 is 1. The van der Waals surface area contributed by atoms with Crippen LogP contribution in [0.2, 0.25) is 0 Å². The Balaban J connectivity index is 2.62. The molecular formula is C13H27N3O2. The molecule has 0 saturated heterocycles. The first-order valence-corrected chi connectivity index (χ1v) is 6.69. The zero-order valence-corrected chi connectivity index (χ0v) is 12.0. The number of ether oxygens (including phenoxy) is 1. The zero-order chi connectivity index (χ0) is 13.8. The van der Waals surface area contributed by atoms with Crippen LogP contribution in [0, 0.1) is 0 Å². The predicted octanol–water partition coefficient (Wildman–Crippen LogP) is 0.339. The lowest BCUT2D eigenvalue weighted by molar-refractivity contribution is -0.125. The number of hydrogen-bond acceptors (Lipinski definition) is 4. The van der Waals surface area contributed by atoms with E-state index in [1.807, 2.05) is 6.92 Å².